The van der Waals surface area contributed by atoms with Gasteiger partial charge < -0.3 is 14.6 Å². The molecule has 4 nitrogen and oxygen atoms in total. The van der Waals surface area contributed by atoms with Crippen molar-refractivity contribution in [3.8, 4) is 28.4 Å². The number of alkyl halides is 2. The minimum absolute atomic E-state index is 0.412. The summed E-state index contributed by atoms with van der Waals surface area (Å²) in [5.41, 5.74) is 3.70. The predicted molar refractivity (Wildman–Crippen MR) is 102 cm³/mol. The van der Waals surface area contributed by atoms with Crippen molar-refractivity contribution in [2.45, 2.75) is 23.5 Å². The lowest BCUT2D eigenvalue weighted by Crippen LogP contribution is -2.02. The number of rotatable bonds is 5. The molecule has 1 N–H and O–H groups in total. The number of halogens is 2. The number of ether oxygens (including phenoxy) is 2. The smallest absolute Gasteiger partial charge is 0.328 e. The number of hydrogen-bond acceptors (Lipinski definition) is 3. The highest BCUT2D eigenvalue weighted by molar-refractivity contribution is 9.25. The van der Waals surface area contributed by atoms with Gasteiger partial charge in [-0.1, -0.05) is 51.8 Å². The van der Waals surface area contributed by atoms with Gasteiger partial charge in [-0.2, -0.15) is 0 Å². The van der Waals surface area contributed by atoms with Crippen LogP contribution in [0.2, 0.25) is 0 Å². The van der Waals surface area contributed by atoms with Gasteiger partial charge in [0.1, 0.15) is 17.2 Å². The van der Waals surface area contributed by atoms with E-state index in [0.29, 0.717) is 5.92 Å². The molecule has 0 aromatic heterocycles. The third-order valence-electron chi connectivity index (χ3n) is 3.44. The first-order valence-electron chi connectivity index (χ1n) is 7.34. The summed E-state index contributed by atoms with van der Waals surface area (Å²) in [4.78, 5) is 9.61. The molecule has 0 aliphatic heterocycles. The van der Waals surface area contributed by atoms with E-state index in [2.05, 4.69) is 63.9 Å². The van der Waals surface area contributed by atoms with Crippen molar-refractivity contribution in [3.05, 3.63) is 42.0 Å². The Morgan fingerprint density at radius 1 is 1.08 bits per heavy atom. The van der Waals surface area contributed by atoms with Crippen LogP contribution in [0.25, 0.3) is 11.1 Å². The average Bonchev–Trinajstić information content (AvgIpc) is 3.22. The fourth-order valence-electron chi connectivity index (χ4n) is 2.17. The van der Waals surface area contributed by atoms with Crippen LogP contribution in [0.15, 0.2) is 36.4 Å². The molecule has 0 saturated carbocycles. The van der Waals surface area contributed by atoms with Gasteiger partial charge in [0, 0.05) is 11.1 Å². The summed E-state index contributed by atoms with van der Waals surface area (Å²) >= 11 is 5.51. The lowest BCUT2D eigenvalue weighted by Gasteiger charge is -2.13. The Morgan fingerprint density at radius 3 is 2.12 bits per heavy atom. The van der Waals surface area contributed by atoms with Crippen molar-refractivity contribution < 1.29 is 19.4 Å². The molecule has 0 spiro atoms. The van der Waals surface area contributed by atoms with Gasteiger partial charge >= 0.3 is 5.97 Å². The minimum atomic E-state index is -0.907. The molecule has 1 aromatic carbocycles. The molecule has 6 heteroatoms. The van der Waals surface area contributed by atoms with Crippen molar-refractivity contribution in [3.63, 3.8) is 0 Å². The van der Waals surface area contributed by atoms with Crippen molar-refractivity contribution in [2.75, 3.05) is 7.11 Å². The van der Waals surface area contributed by atoms with E-state index in [-0.39, 0.29) is 0 Å². The number of carbonyl (C=O) groups is 1. The number of benzene rings is 2. The van der Waals surface area contributed by atoms with Crippen LogP contribution in [-0.2, 0) is 4.79 Å². The Balaban J connectivity index is 0.000000301. The van der Waals surface area contributed by atoms with Crippen molar-refractivity contribution in [1.82, 2.24) is 0 Å². The zero-order valence-corrected chi connectivity index (χ0v) is 16.7. The topological polar surface area (TPSA) is 55.8 Å². The first-order valence-corrected chi connectivity index (χ1v) is 9.17. The summed E-state index contributed by atoms with van der Waals surface area (Å²) in [6.07, 6.45) is 0. The minimum Gasteiger partial charge on any atom is -0.496 e. The van der Waals surface area contributed by atoms with Gasteiger partial charge in [-0.25, -0.2) is 0 Å². The second-order valence-corrected chi connectivity index (χ2v) is 8.57. The summed E-state index contributed by atoms with van der Waals surface area (Å²) in [5.74, 6) is 2.24. The van der Waals surface area contributed by atoms with E-state index in [1.54, 1.807) is 7.11 Å². The van der Waals surface area contributed by atoms with Crippen LogP contribution in [0, 0.1) is 0 Å². The zero-order chi connectivity index (χ0) is 17.9. The summed E-state index contributed by atoms with van der Waals surface area (Å²) < 4.78 is 10.7. The molecule has 24 heavy (non-hydrogen) atoms. The number of fused-ring (bicyclic) bond motifs is 1. The number of aliphatic carboxylic acids is 1. The largest absolute Gasteiger partial charge is 0.496 e. The van der Waals surface area contributed by atoms with E-state index in [4.69, 9.17) is 14.6 Å². The van der Waals surface area contributed by atoms with Gasteiger partial charge in [0.2, 0.25) is 0 Å². The normalized spacial score (nSPS) is 11.0. The number of hydrogen-bond donors (Lipinski definition) is 1. The number of methoxy groups -OCH3 is 1. The molecule has 0 fully saturated rings. The van der Waals surface area contributed by atoms with Crippen LogP contribution in [0.1, 0.15) is 25.3 Å². The SMILES string of the molecule is COc1ccc(Oc2ccc3cc2-3)cc1C(C)C.O=C(O)C(Br)Br. The standard InChI is InChI=1S/C16H16O2.C2H2Br2O2/c1-10(2)13-9-12(5-7-15(13)17-3)18-16-6-4-11-8-14(11)16;3-1(4)2(5)6/h4-10H,1-3H3;1H,(H,5,6). The highest BCUT2D eigenvalue weighted by atomic mass is 79.9. The molecule has 0 atom stereocenters. The molecule has 0 heterocycles. The predicted octanol–water partition coefficient (Wildman–Crippen LogP) is 5.78. The Hall–Kier alpha value is -1.53. The van der Waals surface area contributed by atoms with Crippen LogP contribution < -0.4 is 9.47 Å². The first kappa shape index (κ1) is 18.8. The Labute approximate surface area is 158 Å². The third kappa shape index (κ3) is 4.74. The fraction of sp³-hybridized carbons (Fsp3) is 0.278. The number of carboxylic acids is 1. The molecule has 0 radical (unpaired) electrons. The molecule has 0 bridgehead atoms. The van der Waals surface area contributed by atoms with Gasteiger partial charge in [0.15, 0.2) is 3.74 Å². The van der Waals surface area contributed by atoms with Crippen LogP contribution in [0.3, 0.4) is 0 Å². The molecule has 2 aliphatic rings. The molecule has 0 unspecified atom stereocenters. The number of carboxylic acid groups (broad SMARTS) is 1. The van der Waals surface area contributed by atoms with Crippen molar-refractivity contribution in [1.29, 1.82) is 0 Å². The van der Waals surface area contributed by atoms with E-state index < -0.39 is 9.71 Å². The summed E-state index contributed by atoms with van der Waals surface area (Å²) in [5, 5.41) is 7.90. The molecule has 0 saturated heterocycles. The quantitative estimate of drug-likeness (QED) is 0.493. The van der Waals surface area contributed by atoms with E-state index in [1.807, 2.05) is 18.2 Å². The zero-order valence-electron chi connectivity index (χ0n) is 13.5. The molecule has 0 amide bonds. The van der Waals surface area contributed by atoms with E-state index in [1.165, 1.54) is 16.7 Å². The van der Waals surface area contributed by atoms with Gasteiger partial charge in [0.05, 0.1) is 7.11 Å². The Kier molecular flexibility index (Phi) is 6.29. The van der Waals surface area contributed by atoms with E-state index in [9.17, 15) is 4.79 Å². The fourth-order valence-corrected chi connectivity index (χ4v) is 2.17. The second-order valence-electron chi connectivity index (χ2n) is 5.51. The highest BCUT2D eigenvalue weighted by Gasteiger charge is 2.19. The molecule has 128 valence electrons. The van der Waals surface area contributed by atoms with Crippen molar-refractivity contribution in [2.24, 2.45) is 0 Å². The Morgan fingerprint density at radius 2 is 1.71 bits per heavy atom. The average molecular weight is 458 g/mol. The summed E-state index contributed by atoms with van der Waals surface area (Å²) in [6, 6.07) is 12.2. The monoisotopic (exact) mass is 456 g/mol. The maximum atomic E-state index is 9.61. The van der Waals surface area contributed by atoms with Gasteiger partial charge in [0.25, 0.3) is 0 Å². The van der Waals surface area contributed by atoms with Crippen LogP contribution in [0.5, 0.6) is 17.2 Å². The van der Waals surface area contributed by atoms with E-state index >= 15 is 0 Å². The van der Waals surface area contributed by atoms with E-state index in [0.717, 1.165) is 17.2 Å². The van der Waals surface area contributed by atoms with Crippen LogP contribution in [-0.4, -0.2) is 21.9 Å². The second kappa shape index (κ2) is 8.03. The van der Waals surface area contributed by atoms with Crippen LogP contribution >= 0.6 is 31.9 Å². The Bertz CT molecular complexity index is 742. The van der Waals surface area contributed by atoms with Crippen molar-refractivity contribution >= 4 is 37.8 Å². The molecular formula is C18H18Br2O4. The first-order chi connectivity index (χ1) is 11.3. The lowest BCUT2D eigenvalue weighted by atomic mass is 10.0. The van der Waals surface area contributed by atoms with Crippen LogP contribution in [0.4, 0.5) is 0 Å². The highest BCUT2D eigenvalue weighted by Crippen LogP contribution is 2.45. The maximum absolute atomic E-state index is 9.61. The molecule has 1 aromatic rings. The third-order valence-corrected chi connectivity index (χ3v) is 4.23. The van der Waals surface area contributed by atoms with Gasteiger partial charge in [-0.3, -0.25) is 4.79 Å². The van der Waals surface area contributed by atoms with Gasteiger partial charge in [-0.15, -0.1) is 0 Å². The summed E-state index contributed by atoms with van der Waals surface area (Å²) in [6.45, 7) is 4.30. The lowest BCUT2D eigenvalue weighted by molar-refractivity contribution is -0.134. The summed E-state index contributed by atoms with van der Waals surface area (Å²) in [7, 11) is 1.70. The molecule has 3 rings (SSSR count). The van der Waals surface area contributed by atoms with Gasteiger partial charge in [-0.05, 0) is 41.8 Å². The molecular weight excluding hydrogens is 440 g/mol. The molecule has 2 aliphatic carbocycles. The maximum Gasteiger partial charge on any atom is 0.328 e.